The molecule has 1 saturated heterocycles. The number of likely N-dealkylation sites (tertiary alicyclic amines) is 1. The van der Waals surface area contributed by atoms with E-state index in [-0.39, 0.29) is 0 Å². The molecule has 21 heavy (non-hydrogen) atoms. The Hall–Kier alpha value is -0.980. The number of aromatic nitrogens is 2. The molecule has 6 nitrogen and oxygen atoms in total. The van der Waals surface area contributed by atoms with Crippen molar-refractivity contribution in [3.63, 3.8) is 0 Å². The summed E-state index contributed by atoms with van der Waals surface area (Å²) in [4.78, 5) is 6.85. The number of hydrogen-bond acceptors (Lipinski definition) is 6. The molecule has 0 spiro atoms. The molecule has 0 aromatic carbocycles. The third kappa shape index (κ3) is 5.73. The fraction of sp³-hybridized carbons (Fsp3) is 0.867. The minimum Gasteiger partial charge on any atom is -0.383 e. The number of nitrogens with one attached hydrogen (secondary N) is 1. The van der Waals surface area contributed by atoms with E-state index in [1.165, 1.54) is 12.8 Å². The van der Waals surface area contributed by atoms with Gasteiger partial charge in [0.15, 0.2) is 5.82 Å². The van der Waals surface area contributed by atoms with Gasteiger partial charge in [-0.2, -0.15) is 4.98 Å². The van der Waals surface area contributed by atoms with Crippen LogP contribution in [0.3, 0.4) is 0 Å². The van der Waals surface area contributed by atoms with Crippen LogP contribution in [0.4, 0.5) is 0 Å². The highest BCUT2D eigenvalue weighted by Gasteiger charge is 2.20. The Kier molecular flexibility index (Phi) is 7.12. The average Bonchev–Trinajstić information content (AvgIpc) is 2.93. The van der Waals surface area contributed by atoms with Crippen LogP contribution >= 0.6 is 0 Å². The first kappa shape index (κ1) is 16.4. The molecule has 120 valence electrons. The Bertz CT molecular complexity index is 389. The summed E-state index contributed by atoms with van der Waals surface area (Å²) in [6.07, 6.45) is 4.42. The van der Waals surface area contributed by atoms with Crippen LogP contribution in [0.25, 0.3) is 0 Å². The van der Waals surface area contributed by atoms with E-state index in [2.05, 4.69) is 27.3 Å². The Balaban J connectivity index is 1.64. The molecule has 0 atom stereocenters. The van der Waals surface area contributed by atoms with Gasteiger partial charge >= 0.3 is 0 Å². The summed E-state index contributed by atoms with van der Waals surface area (Å²) in [5.41, 5.74) is 0. The van der Waals surface area contributed by atoms with Crippen molar-refractivity contribution in [2.24, 2.45) is 5.92 Å². The van der Waals surface area contributed by atoms with E-state index < -0.39 is 0 Å². The summed E-state index contributed by atoms with van der Waals surface area (Å²) in [6.45, 7) is 7.97. The molecule has 2 rings (SSSR count). The molecule has 0 bridgehead atoms. The second-order valence-corrected chi connectivity index (χ2v) is 5.77. The van der Waals surface area contributed by atoms with Crippen molar-refractivity contribution in [1.82, 2.24) is 20.4 Å². The van der Waals surface area contributed by atoms with Gasteiger partial charge in [0.05, 0.1) is 13.2 Å². The van der Waals surface area contributed by atoms with E-state index in [9.17, 15) is 0 Å². The minimum atomic E-state index is 0.759. The third-order valence-electron chi connectivity index (χ3n) is 3.97. The molecule has 1 aromatic heterocycles. The second kappa shape index (κ2) is 9.12. The van der Waals surface area contributed by atoms with Crippen molar-refractivity contribution in [1.29, 1.82) is 0 Å². The van der Waals surface area contributed by atoms with Gasteiger partial charge in [0.25, 0.3) is 0 Å². The number of rotatable bonds is 9. The van der Waals surface area contributed by atoms with Gasteiger partial charge in [-0.25, -0.2) is 0 Å². The SMILES string of the molecule is CCCc1noc(CN2CCC(CNCCOC)CC2)n1. The molecule has 2 heterocycles. The maximum absolute atomic E-state index is 5.31. The lowest BCUT2D eigenvalue weighted by Crippen LogP contribution is -2.37. The van der Waals surface area contributed by atoms with Gasteiger partial charge in [0.1, 0.15) is 0 Å². The molecule has 0 radical (unpaired) electrons. The van der Waals surface area contributed by atoms with E-state index in [4.69, 9.17) is 9.26 Å². The van der Waals surface area contributed by atoms with Crippen LogP contribution in [-0.2, 0) is 17.7 Å². The number of methoxy groups -OCH3 is 1. The molecule has 6 heteroatoms. The van der Waals surface area contributed by atoms with Gasteiger partial charge in [0, 0.05) is 20.1 Å². The molecule has 0 amide bonds. The van der Waals surface area contributed by atoms with Crippen molar-refractivity contribution in [3.8, 4) is 0 Å². The van der Waals surface area contributed by atoms with Crippen LogP contribution in [0.1, 0.15) is 37.9 Å². The molecule has 0 aliphatic carbocycles. The smallest absolute Gasteiger partial charge is 0.240 e. The topological polar surface area (TPSA) is 63.4 Å². The Morgan fingerprint density at radius 2 is 2.19 bits per heavy atom. The number of ether oxygens (including phenoxy) is 1. The zero-order chi connectivity index (χ0) is 14.9. The van der Waals surface area contributed by atoms with Gasteiger partial charge < -0.3 is 14.6 Å². The Labute approximate surface area is 127 Å². The zero-order valence-corrected chi connectivity index (χ0v) is 13.3. The normalized spacial score (nSPS) is 17.4. The van der Waals surface area contributed by atoms with E-state index in [1.54, 1.807) is 7.11 Å². The largest absolute Gasteiger partial charge is 0.383 e. The lowest BCUT2D eigenvalue weighted by molar-refractivity contribution is 0.154. The zero-order valence-electron chi connectivity index (χ0n) is 13.3. The molecule has 1 fully saturated rings. The van der Waals surface area contributed by atoms with Gasteiger partial charge in [-0.1, -0.05) is 12.1 Å². The molecule has 1 aromatic rings. The first-order valence-corrected chi connectivity index (χ1v) is 8.05. The van der Waals surface area contributed by atoms with Gasteiger partial charge in [-0.3, -0.25) is 4.90 Å². The molecular weight excluding hydrogens is 268 g/mol. The van der Waals surface area contributed by atoms with Crippen molar-refractivity contribution < 1.29 is 9.26 Å². The fourth-order valence-corrected chi connectivity index (χ4v) is 2.70. The number of hydrogen-bond donors (Lipinski definition) is 1. The Morgan fingerprint density at radius 1 is 1.38 bits per heavy atom. The van der Waals surface area contributed by atoms with Crippen LogP contribution in [-0.4, -0.2) is 54.9 Å². The maximum atomic E-state index is 5.31. The number of aryl methyl sites for hydroxylation is 1. The fourth-order valence-electron chi connectivity index (χ4n) is 2.70. The average molecular weight is 296 g/mol. The quantitative estimate of drug-likeness (QED) is 0.696. The lowest BCUT2D eigenvalue weighted by atomic mass is 9.97. The second-order valence-electron chi connectivity index (χ2n) is 5.77. The molecule has 1 aliphatic heterocycles. The van der Waals surface area contributed by atoms with Crippen molar-refractivity contribution in [2.75, 3.05) is 39.9 Å². The predicted octanol–water partition coefficient (Wildman–Crippen LogP) is 1.47. The van der Waals surface area contributed by atoms with Crippen LogP contribution < -0.4 is 5.32 Å². The summed E-state index contributed by atoms with van der Waals surface area (Å²) in [6, 6.07) is 0. The van der Waals surface area contributed by atoms with Crippen LogP contribution in [0, 0.1) is 5.92 Å². The summed E-state index contributed by atoms with van der Waals surface area (Å²) in [5, 5.41) is 7.46. The standard InChI is InChI=1S/C15H28N4O2/c1-3-4-14-17-15(21-18-14)12-19-8-5-13(6-9-19)11-16-7-10-20-2/h13,16H,3-12H2,1-2H3. The van der Waals surface area contributed by atoms with Crippen molar-refractivity contribution in [3.05, 3.63) is 11.7 Å². The highest BCUT2D eigenvalue weighted by molar-refractivity contribution is 4.87. The van der Waals surface area contributed by atoms with Crippen LogP contribution in [0.15, 0.2) is 4.52 Å². The highest BCUT2D eigenvalue weighted by Crippen LogP contribution is 2.18. The number of nitrogens with zero attached hydrogens (tertiary/aromatic N) is 3. The first-order valence-electron chi connectivity index (χ1n) is 8.05. The highest BCUT2D eigenvalue weighted by atomic mass is 16.5. The van der Waals surface area contributed by atoms with E-state index in [0.717, 1.165) is 69.8 Å². The summed E-state index contributed by atoms with van der Waals surface area (Å²) < 4.78 is 10.3. The first-order chi connectivity index (χ1) is 10.3. The summed E-state index contributed by atoms with van der Waals surface area (Å²) in [7, 11) is 1.74. The molecular formula is C15H28N4O2. The molecule has 0 unspecified atom stereocenters. The Morgan fingerprint density at radius 3 is 2.90 bits per heavy atom. The predicted molar refractivity (Wildman–Crippen MR) is 81.0 cm³/mol. The maximum Gasteiger partial charge on any atom is 0.240 e. The summed E-state index contributed by atoms with van der Waals surface area (Å²) >= 11 is 0. The lowest BCUT2D eigenvalue weighted by Gasteiger charge is -2.31. The van der Waals surface area contributed by atoms with Crippen molar-refractivity contribution >= 4 is 0 Å². The van der Waals surface area contributed by atoms with Gasteiger partial charge in [-0.05, 0) is 44.8 Å². The van der Waals surface area contributed by atoms with E-state index in [0.29, 0.717) is 0 Å². The number of piperidine rings is 1. The van der Waals surface area contributed by atoms with Gasteiger partial charge in [0.2, 0.25) is 5.89 Å². The molecule has 0 saturated carbocycles. The molecule has 1 aliphatic rings. The van der Waals surface area contributed by atoms with Crippen LogP contribution in [0.2, 0.25) is 0 Å². The van der Waals surface area contributed by atoms with E-state index in [1.807, 2.05) is 0 Å². The van der Waals surface area contributed by atoms with E-state index >= 15 is 0 Å². The van der Waals surface area contributed by atoms with Gasteiger partial charge in [-0.15, -0.1) is 0 Å². The molecule has 1 N–H and O–H groups in total. The van der Waals surface area contributed by atoms with Crippen molar-refractivity contribution in [2.45, 2.75) is 39.2 Å². The monoisotopic (exact) mass is 296 g/mol. The van der Waals surface area contributed by atoms with Crippen LogP contribution in [0.5, 0.6) is 0 Å². The third-order valence-corrected chi connectivity index (χ3v) is 3.97. The minimum absolute atomic E-state index is 0.759. The summed E-state index contributed by atoms with van der Waals surface area (Å²) in [5.74, 6) is 2.37.